The molecule has 0 radical (unpaired) electrons. The van der Waals surface area contributed by atoms with E-state index in [1.54, 1.807) is 0 Å². The molecule has 0 saturated carbocycles. The summed E-state index contributed by atoms with van der Waals surface area (Å²) in [4.78, 5) is 10.0. The van der Waals surface area contributed by atoms with Crippen LogP contribution >= 0.6 is 11.6 Å². The van der Waals surface area contributed by atoms with Gasteiger partial charge >= 0.3 is 0 Å². The zero-order chi connectivity index (χ0) is 25.0. The van der Waals surface area contributed by atoms with Crippen molar-refractivity contribution in [3.63, 3.8) is 0 Å². The molecule has 8 aromatic rings. The normalized spacial score (nSPS) is 12.3. The van der Waals surface area contributed by atoms with Crippen LogP contribution in [0.4, 0.5) is 0 Å². The molecule has 0 unspecified atom stereocenters. The quantitative estimate of drug-likeness (QED) is 0.209. The third-order valence-corrected chi connectivity index (χ3v) is 8.27. The Hall–Kier alpha value is -4.73. The topological polar surface area (TPSA) is 30.7 Å². The lowest BCUT2D eigenvalue weighted by Gasteiger charge is -2.14. The molecule has 0 fully saturated rings. The highest BCUT2D eigenvalue weighted by Crippen LogP contribution is 2.49. The van der Waals surface area contributed by atoms with E-state index in [0.29, 0.717) is 11.0 Å². The average molecular weight is 504 g/mol. The van der Waals surface area contributed by atoms with E-state index in [4.69, 9.17) is 21.6 Å². The summed E-state index contributed by atoms with van der Waals surface area (Å²) in [7, 11) is 0. The van der Waals surface area contributed by atoms with Gasteiger partial charge in [0.15, 0.2) is 11.0 Å². The molecule has 0 amide bonds. The van der Waals surface area contributed by atoms with Crippen LogP contribution in [0.3, 0.4) is 0 Å². The van der Waals surface area contributed by atoms with Gasteiger partial charge in [0, 0.05) is 16.2 Å². The number of fused-ring (bicyclic) bond motifs is 6. The van der Waals surface area contributed by atoms with Gasteiger partial charge in [0.05, 0.1) is 22.1 Å². The number of aromatic nitrogens is 3. The summed E-state index contributed by atoms with van der Waals surface area (Å²) in [5.41, 5.74) is 8.78. The maximum absolute atomic E-state index is 6.94. The minimum atomic E-state index is 0.392. The minimum absolute atomic E-state index is 0.392. The number of benzene rings is 6. The smallest absolute Gasteiger partial charge is 0.176 e. The van der Waals surface area contributed by atoms with E-state index in [1.165, 1.54) is 43.8 Å². The van der Waals surface area contributed by atoms with Gasteiger partial charge in [-0.15, -0.1) is 0 Å². The highest BCUT2D eigenvalue weighted by Gasteiger charge is 2.25. The molecule has 0 spiro atoms. The molecule has 0 N–H and O–H groups in total. The zero-order valence-corrected chi connectivity index (χ0v) is 20.9. The SMILES string of the molecule is Clc1nc2ccc3ccccc3c2nc1-n1c2cccc3c2c2c4c(cccc4ccc21)-c1ccccc1-3. The van der Waals surface area contributed by atoms with Crippen LogP contribution < -0.4 is 0 Å². The molecule has 176 valence electrons. The molecular weight excluding hydrogens is 486 g/mol. The summed E-state index contributed by atoms with van der Waals surface area (Å²) < 4.78 is 2.20. The van der Waals surface area contributed by atoms with Crippen LogP contribution in [0.2, 0.25) is 5.15 Å². The first-order valence-corrected chi connectivity index (χ1v) is 13.1. The van der Waals surface area contributed by atoms with Gasteiger partial charge < -0.3 is 0 Å². The molecule has 0 saturated heterocycles. The Morgan fingerprint density at radius 1 is 0.500 bits per heavy atom. The van der Waals surface area contributed by atoms with Gasteiger partial charge in [0.25, 0.3) is 0 Å². The Balaban J connectivity index is 1.52. The lowest BCUT2D eigenvalue weighted by Crippen LogP contribution is -2.02. The van der Waals surface area contributed by atoms with Gasteiger partial charge in [-0.25, -0.2) is 9.97 Å². The van der Waals surface area contributed by atoms with Gasteiger partial charge in [0.1, 0.15) is 0 Å². The molecule has 0 bridgehead atoms. The maximum atomic E-state index is 6.94. The average Bonchev–Trinajstić information content (AvgIpc) is 3.24. The molecule has 1 aliphatic carbocycles. The first-order chi connectivity index (χ1) is 18.8. The second-order valence-electron chi connectivity index (χ2n) is 9.94. The molecule has 4 heteroatoms. The van der Waals surface area contributed by atoms with Crippen molar-refractivity contribution >= 4 is 66.0 Å². The molecule has 2 heterocycles. The fourth-order valence-corrected chi connectivity index (χ4v) is 6.68. The summed E-state index contributed by atoms with van der Waals surface area (Å²) in [6, 6.07) is 38.6. The molecule has 38 heavy (non-hydrogen) atoms. The Bertz CT molecular complexity index is 2310. The highest BCUT2D eigenvalue weighted by molar-refractivity contribution is 6.33. The van der Waals surface area contributed by atoms with Crippen LogP contribution in [0.5, 0.6) is 0 Å². The Morgan fingerprint density at radius 2 is 1.16 bits per heavy atom. The van der Waals surface area contributed by atoms with Crippen LogP contribution in [0.1, 0.15) is 0 Å². The second-order valence-corrected chi connectivity index (χ2v) is 10.3. The molecule has 2 aromatic heterocycles. The molecule has 0 aliphatic heterocycles. The van der Waals surface area contributed by atoms with E-state index < -0.39 is 0 Å². The molecule has 3 nitrogen and oxygen atoms in total. The van der Waals surface area contributed by atoms with E-state index in [1.807, 2.05) is 18.2 Å². The van der Waals surface area contributed by atoms with E-state index in [9.17, 15) is 0 Å². The van der Waals surface area contributed by atoms with Crippen LogP contribution in [-0.4, -0.2) is 14.5 Å². The van der Waals surface area contributed by atoms with Crippen molar-refractivity contribution in [3.05, 3.63) is 114 Å². The Kier molecular flexibility index (Phi) is 3.85. The fourth-order valence-electron chi connectivity index (χ4n) is 6.46. The summed E-state index contributed by atoms with van der Waals surface area (Å²) in [5, 5.41) is 7.54. The van der Waals surface area contributed by atoms with Crippen LogP contribution in [0.25, 0.3) is 82.5 Å². The minimum Gasteiger partial charge on any atom is -0.291 e. The third kappa shape index (κ3) is 2.49. The van der Waals surface area contributed by atoms with Crippen molar-refractivity contribution in [1.82, 2.24) is 14.5 Å². The van der Waals surface area contributed by atoms with Crippen LogP contribution in [0.15, 0.2) is 109 Å². The van der Waals surface area contributed by atoms with Crippen LogP contribution in [-0.2, 0) is 0 Å². The zero-order valence-electron chi connectivity index (χ0n) is 20.1. The standard InChI is InChI=1S/C34H18ClN3/c35-33-34(37-32-21-9-2-1-7-19(21)15-17-26(32)36-33)38-27-14-6-13-25-23-11-4-3-10-22(23)24-12-5-8-20-16-18-28(38)31(29(20)24)30(25)27/h1-18H. The molecule has 6 aromatic carbocycles. The largest absolute Gasteiger partial charge is 0.291 e. The fraction of sp³-hybridized carbons (Fsp3) is 0. The lowest BCUT2D eigenvalue weighted by molar-refractivity contribution is 1.08. The maximum Gasteiger partial charge on any atom is 0.176 e. The summed E-state index contributed by atoms with van der Waals surface area (Å²) >= 11 is 6.94. The van der Waals surface area contributed by atoms with Gasteiger partial charge in [-0.05, 0) is 56.6 Å². The first kappa shape index (κ1) is 20.3. The Labute approximate surface area is 222 Å². The van der Waals surface area contributed by atoms with Crippen molar-refractivity contribution in [2.24, 2.45) is 0 Å². The van der Waals surface area contributed by atoms with Crippen molar-refractivity contribution in [2.45, 2.75) is 0 Å². The highest BCUT2D eigenvalue weighted by atomic mass is 35.5. The number of halogens is 1. The van der Waals surface area contributed by atoms with Crippen molar-refractivity contribution in [3.8, 4) is 28.1 Å². The molecule has 0 atom stereocenters. The number of hydrogen-bond acceptors (Lipinski definition) is 2. The summed E-state index contributed by atoms with van der Waals surface area (Å²) in [6.07, 6.45) is 0. The second kappa shape index (κ2) is 7.18. The van der Waals surface area contributed by atoms with Gasteiger partial charge in [-0.3, -0.25) is 4.57 Å². The number of nitrogens with zero attached hydrogens (tertiary/aromatic N) is 3. The summed E-state index contributed by atoms with van der Waals surface area (Å²) in [5.74, 6) is 0.651. The monoisotopic (exact) mass is 503 g/mol. The van der Waals surface area contributed by atoms with E-state index >= 15 is 0 Å². The van der Waals surface area contributed by atoms with Gasteiger partial charge in [-0.2, -0.15) is 0 Å². The van der Waals surface area contributed by atoms with Crippen molar-refractivity contribution in [1.29, 1.82) is 0 Å². The number of rotatable bonds is 1. The van der Waals surface area contributed by atoms with E-state index in [0.717, 1.165) is 32.8 Å². The summed E-state index contributed by atoms with van der Waals surface area (Å²) in [6.45, 7) is 0. The van der Waals surface area contributed by atoms with Crippen molar-refractivity contribution in [2.75, 3.05) is 0 Å². The van der Waals surface area contributed by atoms with Crippen molar-refractivity contribution < 1.29 is 0 Å². The predicted molar refractivity (Wildman–Crippen MR) is 158 cm³/mol. The van der Waals surface area contributed by atoms with Crippen LogP contribution in [0, 0.1) is 0 Å². The van der Waals surface area contributed by atoms with E-state index in [2.05, 4.69) is 95.6 Å². The Morgan fingerprint density at radius 3 is 2.03 bits per heavy atom. The first-order valence-electron chi connectivity index (χ1n) is 12.7. The van der Waals surface area contributed by atoms with Gasteiger partial charge in [-0.1, -0.05) is 103 Å². The molecule has 9 rings (SSSR count). The van der Waals surface area contributed by atoms with Gasteiger partial charge in [0.2, 0.25) is 0 Å². The third-order valence-electron chi connectivity index (χ3n) is 8.02. The number of hydrogen-bond donors (Lipinski definition) is 0. The molecular formula is C34H18ClN3. The molecule has 1 aliphatic rings. The predicted octanol–water partition coefficient (Wildman–Crippen LogP) is 9.33. The lowest BCUT2D eigenvalue weighted by atomic mass is 9.93. The van der Waals surface area contributed by atoms with E-state index in [-0.39, 0.29) is 0 Å².